The largest absolute Gasteiger partial charge is 0.464 e. The van der Waals surface area contributed by atoms with Crippen molar-refractivity contribution in [1.29, 1.82) is 0 Å². The van der Waals surface area contributed by atoms with E-state index in [1.165, 1.54) is 12.3 Å². The van der Waals surface area contributed by atoms with Crippen LogP contribution < -0.4 is 4.74 Å². The van der Waals surface area contributed by atoms with Gasteiger partial charge in [0.15, 0.2) is 5.75 Å². The third-order valence-corrected chi connectivity index (χ3v) is 2.78. The Morgan fingerprint density at radius 3 is 2.59 bits per heavy atom. The van der Waals surface area contributed by atoms with Crippen LogP contribution in [0.4, 0.5) is 13.2 Å². The number of benzene rings is 1. The molecule has 0 spiro atoms. The molecule has 0 radical (unpaired) electrons. The molecule has 2 nitrogen and oxygen atoms in total. The second kappa shape index (κ2) is 4.83. The first-order valence-electron chi connectivity index (χ1n) is 4.56. The smallest absolute Gasteiger partial charge is 0.387 e. The summed E-state index contributed by atoms with van der Waals surface area (Å²) in [6, 6.07) is 5.62. The lowest BCUT2D eigenvalue weighted by molar-refractivity contribution is -0.0501. The Hall–Kier alpha value is -1.43. The molecule has 2 aromatic rings. The van der Waals surface area contributed by atoms with Gasteiger partial charge in [0.2, 0.25) is 0 Å². The Morgan fingerprint density at radius 1 is 1.24 bits per heavy atom. The maximum absolute atomic E-state index is 13.2. The zero-order valence-electron chi connectivity index (χ0n) is 8.29. The van der Waals surface area contributed by atoms with Gasteiger partial charge in [-0.1, -0.05) is 0 Å². The Bertz CT molecular complexity index is 512. The summed E-state index contributed by atoms with van der Waals surface area (Å²) in [5, 5.41) is 0. The highest BCUT2D eigenvalue weighted by Gasteiger charge is 2.19. The highest BCUT2D eigenvalue weighted by atomic mass is 79.9. The third kappa shape index (κ3) is 2.46. The molecule has 0 bridgehead atoms. The summed E-state index contributed by atoms with van der Waals surface area (Å²) < 4.78 is 47.0. The molecule has 0 amide bonds. The fourth-order valence-corrected chi connectivity index (χ4v) is 1.80. The second-order valence-electron chi connectivity index (χ2n) is 3.09. The first kappa shape index (κ1) is 12.0. The summed E-state index contributed by atoms with van der Waals surface area (Å²) >= 11 is 2.87. The quantitative estimate of drug-likeness (QED) is 0.836. The van der Waals surface area contributed by atoms with Gasteiger partial charge < -0.3 is 9.15 Å². The van der Waals surface area contributed by atoms with Gasteiger partial charge in [-0.2, -0.15) is 8.78 Å². The number of hydrogen-bond acceptors (Lipinski definition) is 2. The van der Waals surface area contributed by atoms with E-state index in [-0.39, 0.29) is 15.8 Å². The Balaban J connectivity index is 2.55. The lowest BCUT2D eigenvalue weighted by Gasteiger charge is -2.11. The Morgan fingerprint density at radius 2 is 2.00 bits per heavy atom. The van der Waals surface area contributed by atoms with Gasteiger partial charge in [0.25, 0.3) is 0 Å². The van der Waals surface area contributed by atoms with Crippen LogP contribution in [0.25, 0.3) is 11.3 Å². The van der Waals surface area contributed by atoms with E-state index in [4.69, 9.17) is 4.42 Å². The molecule has 17 heavy (non-hydrogen) atoms. The van der Waals surface area contributed by atoms with E-state index in [9.17, 15) is 13.2 Å². The lowest BCUT2D eigenvalue weighted by atomic mass is 10.1. The lowest BCUT2D eigenvalue weighted by Crippen LogP contribution is -2.04. The zero-order chi connectivity index (χ0) is 12.4. The van der Waals surface area contributed by atoms with E-state index < -0.39 is 12.4 Å². The van der Waals surface area contributed by atoms with Gasteiger partial charge in [0.05, 0.1) is 16.3 Å². The van der Waals surface area contributed by atoms with Crippen molar-refractivity contribution in [3.63, 3.8) is 0 Å². The topological polar surface area (TPSA) is 22.4 Å². The van der Waals surface area contributed by atoms with Gasteiger partial charge in [-0.15, -0.1) is 0 Å². The molecule has 0 aliphatic heterocycles. The summed E-state index contributed by atoms with van der Waals surface area (Å²) in [5.41, 5.74) is 0.253. The maximum atomic E-state index is 13.2. The highest BCUT2D eigenvalue weighted by molar-refractivity contribution is 9.10. The molecule has 1 aromatic carbocycles. The second-order valence-corrected chi connectivity index (χ2v) is 3.89. The number of furan rings is 1. The highest BCUT2D eigenvalue weighted by Crippen LogP contribution is 2.39. The number of ether oxygens (including phenoxy) is 1. The fraction of sp³-hybridized carbons (Fsp3) is 0.0909. The molecule has 0 unspecified atom stereocenters. The van der Waals surface area contributed by atoms with Crippen LogP contribution in [0.1, 0.15) is 0 Å². The minimum atomic E-state index is -3.04. The normalized spacial score (nSPS) is 10.9. The molecular weight excluding hydrogens is 301 g/mol. The van der Waals surface area contributed by atoms with Gasteiger partial charge in [-0.25, -0.2) is 4.39 Å². The molecule has 0 saturated carbocycles. The molecule has 6 heteroatoms. The van der Waals surface area contributed by atoms with Crippen molar-refractivity contribution in [3.05, 3.63) is 40.8 Å². The number of rotatable bonds is 3. The van der Waals surface area contributed by atoms with E-state index in [2.05, 4.69) is 20.7 Å². The van der Waals surface area contributed by atoms with Gasteiger partial charge in [-0.3, -0.25) is 0 Å². The Kier molecular flexibility index (Phi) is 3.42. The fourth-order valence-electron chi connectivity index (χ4n) is 1.36. The first-order chi connectivity index (χ1) is 8.09. The summed E-state index contributed by atoms with van der Waals surface area (Å²) in [7, 11) is 0. The standard InChI is InChI=1S/C11H6BrF3O2/c12-9-7(13)4-3-6(8-2-1-5-16-8)10(9)17-11(14)15/h1-5,11H. The molecule has 0 saturated heterocycles. The van der Waals surface area contributed by atoms with Crippen molar-refractivity contribution in [2.75, 3.05) is 0 Å². The summed E-state index contributed by atoms with van der Waals surface area (Å²) in [4.78, 5) is 0. The molecule has 1 aromatic heterocycles. The van der Waals surface area contributed by atoms with Crippen molar-refractivity contribution < 1.29 is 22.3 Å². The summed E-state index contributed by atoms with van der Waals surface area (Å²) in [5.74, 6) is -0.646. The van der Waals surface area contributed by atoms with E-state index in [1.807, 2.05) is 0 Å². The molecule has 0 atom stereocenters. The van der Waals surface area contributed by atoms with Gasteiger partial charge >= 0.3 is 6.61 Å². The van der Waals surface area contributed by atoms with Crippen LogP contribution in [0.15, 0.2) is 39.4 Å². The van der Waals surface area contributed by atoms with Crippen molar-refractivity contribution in [1.82, 2.24) is 0 Å². The number of hydrogen-bond donors (Lipinski definition) is 0. The van der Waals surface area contributed by atoms with Crippen molar-refractivity contribution in [2.24, 2.45) is 0 Å². The van der Waals surface area contributed by atoms with E-state index in [0.717, 1.165) is 6.07 Å². The van der Waals surface area contributed by atoms with Crippen LogP contribution in [0.2, 0.25) is 0 Å². The van der Waals surface area contributed by atoms with Crippen molar-refractivity contribution in [3.8, 4) is 17.1 Å². The molecule has 0 fully saturated rings. The van der Waals surface area contributed by atoms with Crippen LogP contribution in [0.3, 0.4) is 0 Å². The number of alkyl halides is 2. The average molecular weight is 307 g/mol. The van der Waals surface area contributed by atoms with Crippen LogP contribution in [0.5, 0.6) is 5.75 Å². The molecule has 1 heterocycles. The van der Waals surface area contributed by atoms with Gasteiger partial charge in [0.1, 0.15) is 11.6 Å². The molecule has 2 rings (SSSR count). The summed E-state index contributed by atoms with van der Waals surface area (Å²) in [6.45, 7) is -3.04. The maximum Gasteiger partial charge on any atom is 0.387 e. The van der Waals surface area contributed by atoms with Gasteiger partial charge in [-0.05, 0) is 40.2 Å². The van der Waals surface area contributed by atoms with E-state index >= 15 is 0 Å². The minimum absolute atomic E-state index is 0.160. The first-order valence-corrected chi connectivity index (χ1v) is 5.35. The van der Waals surface area contributed by atoms with Crippen molar-refractivity contribution in [2.45, 2.75) is 6.61 Å². The van der Waals surface area contributed by atoms with Crippen LogP contribution >= 0.6 is 15.9 Å². The van der Waals surface area contributed by atoms with Crippen LogP contribution in [-0.2, 0) is 0 Å². The minimum Gasteiger partial charge on any atom is -0.464 e. The molecule has 0 aliphatic rings. The van der Waals surface area contributed by atoms with E-state index in [0.29, 0.717) is 5.76 Å². The molecule has 0 aliphatic carbocycles. The average Bonchev–Trinajstić information content (AvgIpc) is 2.78. The van der Waals surface area contributed by atoms with Crippen LogP contribution in [-0.4, -0.2) is 6.61 Å². The van der Waals surface area contributed by atoms with Crippen LogP contribution in [0, 0.1) is 5.82 Å². The monoisotopic (exact) mass is 306 g/mol. The third-order valence-electron chi connectivity index (χ3n) is 2.04. The SMILES string of the molecule is Fc1ccc(-c2ccco2)c(OC(F)F)c1Br. The zero-order valence-corrected chi connectivity index (χ0v) is 9.88. The predicted octanol–water partition coefficient (Wildman–Crippen LogP) is 4.45. The van der Waals surface area contributed by atoms with Crippen molar-refractivity contribution >= 4 is 15.9 Å². The predicted molar refractivity (Wildman–Crippen MR) is 58.4 cm³/mol. The molecule has 90 valence electrons. The number of halogens is 4. The molecular formula is C11H6BrF3O2. The van der Waals surface area contributed by atoms with E-state index in [1.54, 1.807) is 12.1 Å². The summed E-state index contributed by atoms with van der Waals surface area (Å²) in [6.07, 6.45) is 1.39. The van der Waals surface area contributed by atoms with Gasteiger partial charge in [0, 0.05) is 0 Å². The molecule has 0 N–H and O–H groups in total. The Labute approximate surface area is 103 Å².